The maximum absolute atomic E-state index is 13.2. The van der Waals surface area contributed by atoms with Crippen molar-refractivity contribution in [2.24, 2.45) is 23.2 Å². The minimum Gasteiger partial charge on any atom is -0.461 e. The Balaban J connectivity index is 1.55. The highest BCUT2D eigenvalue weighted by Crippen LogP contribution is 2.54. The van der Waals surface area contributed by atoms with Crippen LogP contribution >= 0.6 is 23.4 Å². The van der Waals surface area contributed by atoms with Gasteiger partial charge in [0.25, 0.3) is 0 Å². The van der Waals surface area contributed by atoms with E-state index in [2.05, 4.69) is 19.9 Å². The average molecular weight is 395 g/mol. The number of ether oxygens (including phenoxy) is 1. The Kier molecular flexibility index (Phi) is 4.85. The fourth-order valence-electron chi connectivity index (χ4n) is 5.01. The first-order chi connectivity index (χ1) is 12.4. The molecule has 5 heteroatoms. The zero-order valence-corrected chi connectivity index (χ0v) is 16.7. The van der Waals surface area contributed by atoms with Gasteiger partial charge in [-0.05, 0) is 48.8 Å². The van der Waals surface area contributed by atoms with Gasteiger partial charge in [0.2, 0.25) is 0 Å². The van der Waals surface area contributed by atoms with Gasteiger partial charge in [-0.2, -0.15) is 0 Å². The van der Waals surface area contributed by atoms with Crippen molar-refractivity contribution < 1.29 is 13.9 Å². The quantitative estimate of drug-likeness (QED) is 0.363. The van der Waals surface area contributed by atoms with Crippen molar-refractivity contribution in [2.75, 3.05) is 5.75 Å². The van der Waals surface area contributed by atoms with Gasteiger partial charge in [0.05, 0.1) is 10.9 Å². The number of halogens is 2. The highest BCUT2D eigenvalue weighted by molar-refractivity contribution is 7.99. The molecule has 2 aliphatic carbocycles. The van der Waals surface area contributed by atoms with Crippen LogP contribution in [0.2, 0.25) is 5.02 Å². The number of carbonyl (C=O) groups excluding carboxylic acids is 1. The van der Waals surface area contributed by atoms with E-state index < -0.39 is 0 Å². The first-order valence-corrected chi connectivity index (χ1v) is 10.7. The first-order valence-electron chi connectivity index (χ1n) is 9.38. The summed E-state index contributed by atoms with van der Waals surface area (Å²) in [5.41, 5.74) is 1.71. The second-order valence-corrected chi connectivity index (χ2v) is 9.69. The second kappa shape index (κ2) is 6.87. The fourth-order valence-corrected chi connectivity index (χ4v) is 6.42. The molecular weight excluding hydrogens is 371 g/mol. The van der Waals surface area contributed by atoms with Gasteiger partial charge in [-0.15, -0.1) is 11.8 Å². The molecule has 26 heavy (non-hydrogen) atoms. The largest absolute Gasteiger partial charge is 0.461 e. The van der Waals surface area contributed by atoms with Crippen LogP contribution in [-0.2, 0) is 9.53 Å². The number of hydrogen-bond donors (Lipinski definition) is 0. The maximum Gasteiger partial charge on any atom is 0.310 e. The molecule has 140 valence electrons. The predicted octanol–water partition coefficient (Wildman–Crippen LogP) is 5.89. The number of allylic oxidation sites excluding steroid dienone is 1. The molecule has 5 atom stereocenters. The summed E-state index contributed by atoms with van der Waals surface area (Å²) in [7, 11) is 0. The van der Waals surface area contributed by atoms with Crippen LogP contribution in [0.25, 0.3) is 0 Å². The molecule has 3 aliphatic rings. The van der Waals surface area contributed by atoms with Gasteiger partial charge in [0.1, 0.15) is 11.9 Å². The van der Waals surface area contributed by atoms with E-state index in [1.807, 2.05) is 0 Å². The van der Waals surface area contributed by atoms with Crippen LogP contribution < -0.4 is 0 Å². The lowest BCUT2D eigenvalue weighted by Gasteiger charge is -2.46. The van der Waals surface area contributed by atoms with E-state index in [1.54, 1.807) is 6.07 Å². The molecule has 4 rings (SSSR count). The molecule has 0 N–H and O–H groups in total. The summed E-state index contributed by atoms with van der Waals surface area (Å²) in [5.74, 6) is 0.750. The lowest BCUT2D eigenvalue weighted by Crippen LogP contribution is -2.39. The summed E-state index contributed by atoms with van der Waals surface area (Å²) in [6.45, 7) is 4.64. The van der Waals surface area contributed by atoms with E-state index in [0.717, 1.165) is 11.3 Å². The van der Waals surface area contributed by atoms with E-state index in [9.17, 15) is 9.18 Å². The van der Waals surface area contributed by atoms with Crippen LogP contribution in [0.4, 0.5) is 4.39 Å². The number of fused-ring (bicyclic) bond motifs is 2. The van der Waals surface area contributed by atoms with Gasteiger partial charge in [-0.25, -0.2) is 4.39 Å². The molecule has 1 saturated heterocycles. The van der Waals surface area contributed by atoms with Crippen LogP contribution in [0.1, 0.15) is 39.5 Å². The van der Waals surface area contributed by atoms with Gasteiger partial charge in [-0.1, -0.05) is 43.5 Å². The van der Waals surface area contributed by atoms with E-state index in [1.165, 1.54) is 48.7 Å². The van der Waals surface area contributed by atoms with E-state index in [4.69, 9.17) is 16.3 Å². The minimum absolute atomic E-state index is 0.00385. The van der Waals surface area contributed by atoms with Gasteiger partial charge in [0, 0.05) is 16.6 Å². The first kappa shape index (κ1) is 18.4. The van der Waals surface area contributed by atoms with E-state index >= 15 is 0 Å². The third-order valence-electron chi connectivity index (χ3n) is 6.39. The van der Waals surface area contributed by atoms with Crippen LogP contribution in [0.3, 0.4) is 0 Å². The fraction of sp³-hybridized carbons (Fsp3) is 0.571. The normalized spacial score (nSPS) is 36.2. The number of benzene rings is 1. The molecule has 0 radical (unpaired) electrons. The second-order valence-electron chi connectivity index (χ2n) is 8.22. The highest BCUT2D eigenvalue weighted by Gasteiger charge is 2.51. The number of thioether (sulfide) groups is 1. The molecular formula is C21H24ClFO2S. The summed E-state index contributed by atoms with van der Waals surface area (Å²) >= 11 is 7.64. The number of rotatable bonds is 3. The lowest BCUT2D eigenvalue weighted by molar-refractivity contribution is -0.144. The Morgan fingerprint density at radius 3 is 3.00 bits per heavy atom. The van der Waals surface area contributed by atoms with Crippen molar-refractivity contribution in [1.82, 2.24) is 0 Å². The number of esters is 1. The van der Waals surface area contributed by atoms with Gasteiger partial charge in [-0.3, -0.25) is 4.79 Å². The summed E-state index contributed by atoms with van der Waals surface area (Å²) in [6, 6.07) is 4.40. The third-order valence-corrected chi connectivity index (χ3v) is 8.01. The van der Waals surface area contributed by atoms with Crippen molar-refractivity contribution in [3.63, 3.8) is 0 Å². The summed E-state index contributed by atoms with van der Waals surface area (Å²) in [4.78, 5) is 13.3. The monoisotopic (exact) mass is 394 g/mol. The van der Waals surface area contributed by atoms with Crippen molar-refractivity contribution >= 4 is 29.3 Å². The molecule has 1 aromatic rings. The molecule has 1 aromatic carbocycles. The molecule has 1 aliphatic heterocycles. The van der Waals surface area contributed by atoms with Crippen LogP contribution in [0, 0.1) is 29.0 Å². The Morgan fingerprint density at radius 1 is 1.42 bits per heavy atom. The lowest BCUT2D eigenvalue weighted by atomic mass is 9.59. The van der Waals surface area contributed by atoms with Crippen LogP contribution in [0.15, 0.2) is 34.7 Å². The molecule has 0 amide bonds. The smallest absolute Gasteiger partial charge is 0.310 e. The van der Waals surface area contributed by atoms with Gasteiger partial charge < -0.3 is 4.74 Å². The molecule has 0 spiro atoms. The molecule has 0 aromatic heterocycles. The Bertz CT molecular complexity index is 764. The van der Waals surface area contributed by atoms with Crippen molar-refractivity contribution in [1.29, 1.82) is 0 Å². The maximum atomic E-state index is 13.2. The summed E-state index contributed by atoms with van der Waals surface area (Å²) < 4.78 is 19.0. The van der Waals surface area contributed by atoms with Gasteiger partial charge >= 0.3 is 5.97 Å². The molecule has 2 fully saturated rings. The molecule has 1 heterocycles. The predicted molar refractivity (Wildman–Crippen MR) is 103 cm³/mol. The van der Waals surface area contributed by atoms with Gasteiger partial charge in [0.15, 0.2) is 0 Å². The minimum atomic E-state index is -0.345. The third kappa shape index (κ3) is 3.20. The molecule has 1 saturated carbocycles. The van der Waals surface area contributed by atoms with Crippen molar-refractivity contribution in [2.45, 2.75) is 50.5 Å². The molecule has 5 unspecified atom stereocenters. The molecule has 2 nitrogen and oxygen atoms in total. The standard InChI is InChI=1S/C21H24ClFO2S/c1-12-4-3-7-21(2)10-18-14(9-16(12)21)15(20(24)25-18)11-26-19-6-5-13(23)8-17(19)22/h5-6,8-9,12,14-15,18H,3-4,7,10-11H2,1-2H3. The number of carbonyl (C=O) groups is 1. The topological polar surface area (TPSA) is 26.3 Å². The molecule has 0 bridgehead atoms. The van der Waals surface area contributed by atoms with E-state index in [0.29, 0.717) is 16.7 Å². The number of hydrogen-bond acceptors (Lipinski definition) is 3. The highest BCUT2D eigenvalue weighted by atomic mass is 35.5. The average Bonchev–Trinajstić information content (AvgIpc) is 2.86. The van der Waals surface area contributed by atoms with Crippen molar-refractivity contribution in [3.05, 3.63) is 40.7 Å². The Labute approximate surface area is 163 Å². The van der Waals surface area contributed by atoms with E-state index in [-0.39, 0.29) is 35.1 Å². The SMILES string of the molecule is CC1CCCC2(C)CC3OC(=O)C(CSc4ccc(F)cc4Cl)C3C=C12. The Morgan fingerprint density at radius 2 is 2.23 bits per heavy atom. The van der Waals surface area contributed by atoms with Crippen LogP contribution in [-0.4, -0.2) is 17.8 Å². The van der Waals surface area contributed by atoms with Crippen LogP contribution in [0.5, 0.6) is 0 Å². The van der Waals surface area contributed by atoms with Crippen molar-refractivity contribution in [3.8, 4) is 0 Å². The summed E-state index contributed by atoms with van der Waals surface area (Å²) in [5, 5.41) is 0.397. The zero-order chi connectivity index (χ0) is 18.5. The Hall–Kier alpha value is -1.00. The summed E-state index contributed by atoms with van der Waals surface area (Å²) in [6.07, 6.45) is 6.98. The zero-order valence-electron chi connectivity index (χ0n) is 15.1.